The lowest BCUT2D eigenvalue weighted by Gasteiger charge is -2.27. The smallest absolute Gasteiger partial charge is 0.271 e. The molecule has 0 radical (unpaired) electrons. The number of nitrogens with two attached hydrogens (primary N) is 1. The average Bonchev–Trinajstić information content (AvgIpc) is 3.19. The standard InChI is InChI=1S/C23H26N6O2/c1-16(18-9-6-10-19(15-18)20(30)17-7-4-3-5-8-17)21-25-23(27-28(21)2)26-22(24)29-11-13-31-14-12-29/h3-10,15-16H,11-14H2,1-2H3,(H2,24,26,27). The van der Waals surface area contributed by atoms with Crippen LogP contribution in [0, 0.1) is 0 Å². The fraction of sp³-hybridized carbons (Fsp3) is 0.304. The lowest BCUT2D eigenvalue weighted by molar-refractivity contribution is 0.0675. The van der Waals surface area contributed by atoms with Crippen LogP contribution in [0.4, 0.5) is 5.95 Å². The quantitative estimate of drug-likeness (QED) is 0.388. The fourth-order valence-corrected chi connectivity index (χ4v) is 3.63. The van der Waals surface area contributed by atoms with E-state index in [1.165, 1.54) is 0 Å². The van der Waals surface area contributed by atoms with Gasteiger partial charge in [-0.15, -0.1) is 5.10 Å². The summed E-state index contributed by atoms with van der Waals surface area (Å²) in [5.41, 5.74) is 8.42. The van der Waals surface area contributed by atoms with Gasteiger partial charge in [-0.1, -0.05) is 55.5 Å². The van der Waals surface area contributed by atoms with Crippen molar-refractivity contribution in [2.45, 2.75) is 12.8 Å². The largest absolute Gasteiger partial charge is 0.378 e. The zero-order valence-corrected chi connectivity index (χ0v) is 17.7. The number of nitrogens with zero attached hydrogens (tertiary/aromatic N) is 5. The first-order valence-electron chi connectivity index (χ1n) is 10.3. The average molecular weight is 419 g/mol. The number of aromatic nitrogens is 3. The van der Waals surface area contributed by atoms with Gasteiger partial charge in [0.1, 0.15) is 5.82 Å². The molecule has 8 heteroatoms. The van der Waals surface area contributed by atoms with E-state index in [1.807, 2.05) is 73.5 Å². The number of aliphatic imine (C=N–C) groups is 1. The highest BCUT2D eigenvalue weighted by Gasteiger charge is 2.19. The molecule has 0 aliphatic carbocycles. The first kappa shape index (κ1) is 20.7. The van der Waals surface area contributed by atoms with Gasteiger partial charge in [-0.05, 0) is 11.6 Å². The maximum Gasteiger partial charge on any atom is 0.271 e. The van der Waals surface area contributed by atoms with Crippen LogP contribution in [0.5, 0.6) is 0 Å². The van der Waals surface area contributed by atoms with Gasteiger partial charge in [0.05, 0.1) is 13.2 Å². The molecule has 8 nitrogen and oxygen atoms in total. The number of carbonyl (C=O) groups is 1. The molecule has 31 heavy (non-hydrogen) atoms. The number of ether oxygens (including phenoxy) is 1. The molecule has 2 N–H and O–H groups in total. The predicted octanol–water partition coefficient (Wildman–Crippen LogP) is 2.48. The molecular formula is C23H26N6O2. The van der Waals surface area contributed by atoms with Gasteiger partial charge >= 0.3 is 0 Å². The number of rotatable bonds is 5. The van der Waals surface area contributed by atoms with E-state index >= 15 is 0 Å². The normalized spacial score (nSPS) is 15.7. The van der Waals surface area contributed by atoms with Gasteiger partial charge in [-0.3, -0.25) is 9.48 Å². The number of hydrogen-bond donors (Lipinski definition) is 1. The number of ketones is 1. The minimum absolute atomic E-state index is 0.00353. The Labute approximate surface area is 181 Å². The molecule has 2 aromatic carbocycles. The Kier molecular flexibility index (Phi) is 6.08. The van der Waals surface area contributed by atoms with Crippen molar-refractivity contribution in [3.63, 3.8) is 0 Å². The van der Waals surface area contributed by atoms with Crippen molar-refractivity contribution in [1.29, 1.82) is 0 Å². The summed E-state index contributed by atoms with van der Waals surface area (Å²) in [6, 6.07) is 16.9. The van der Waals surface area contributed by atoms with E-state index in [1.54, 1.807) is 4.68 Å². The SMILES string of the molecule is CC(c1cccc(C(=O)c2ccccc2)c1)c1nc(N=C(N)N2CCOCC2)nn1C. The van der Waals surface area contributed by atoms with Crippen LogP contribution in [-0.4, -0.2) is 57.7 Å². The Morgan fingerprint density at radius 2 is 1.81 bits per heavy atom. The van der Waals surface area contributed by atoms with Gasteiger partial charge in [-0.25, -0.2) is 0 Å². The second kappa shape index (κ2) is 9.09. The summed E-state index contributed by atoms with van der Waals surface area (Å²) < 4.78 is 7.06. The molecule has 1 aromatic heterocycles. The highest BCUT2D eigenvalue weighted by molar-refractivity contribution is 6.09. The van der Waals surface area contributed by atoms with Gasteiger partial charge < -0.3 is 15.4 Å². The van der Waals surface area contributed by atoms with Crippen LogP contribution in [-0.2, 0) is 11.8 Å². The number of guanidine groups is 1. The molecule has 1 fully saturated rings. The Morgan fingerprint density at radius 1 is 1.10 bits per heavy atom. The summed E-state index contributed by atoms with van der Waals surface area (Å²) in [6.45, 7) is 4.70. The summed E-state index contributed by atoms with van der Waals surface area (Å²) in [5.74, 6) is 1.39. The molecule has 1 aliphatic rings. The first-order valence-corrected chi connectivity index (χ1v) is 10.3. The van der Waals surface area contributed by atoms with Crippen LogP contribution in [0.1, 0.15) is 40.2 Å². The number of carbonyl (C=O) groups excluding carboxylic acids is 1. The van der Waals surface area contributed by atoms with Crippen molar-refractivity contribution < 1.29 is 9.53 Å². The van der Waals surface area contributed by atoms with E-state index in [4.69, 9.17) is 10.5 Å². The highest BCUT2D eigenvalue weighted by Crippen LogP contribution is 2.25. The Morgan fingerprint density at radius 3 is 2.55 bits per heavy atom. The van der Waals surface area contributed by atoms with Crippen molar-refractivity contribution in [3.05, 3.63) is 77.1 Å². The van der Waals surface area contributed by atoms with E-state index < -0.39 is 0 Å². The molecule has 0 bridgehead atoms. The van der Waals surface area contributed by atoms with Crippen LogP contribution in [0.15, 0.2) is 59.6 Å². The zero-order valence-electron chi connectivity index (χ0n) is 17.7. The van der Waals surface area contributed by atoms with Crippen LogP contribution < -0.4 is 5.73 Å². The number of aryl methyl sites for hydroxylation is 1. The maximum atomic E-state index is 12.8. The summed E-state index contributed by atoms with van der Waals surface area (Å²) in [4.78, 5) is 23.8. The monoisotopic (exact) mass is 418 g/mol. The Balaban J connectivity index is 1.56. The second-order valence-corrected chi connectivity index (χ2v) is 7.51. The molecule has 1 aliphatic heterocycles. The van der Waals surface area contributed by atoms with Gasteiger partial charge in [0.25, 0.3) is 5.95 Å². The molecule has 4 rings (SSSR count). The van der Waals surface area contributed by atoms with Gasteiger partial charge in [-0.2, -0.15) is 9.98 Å². The van der Waals surface area contributed by atoms with E-state index in [2.05, 4.69) is 15.1 Å². The van der Waals surface area contributed by atoms with Gasteiger partial charge in [0, 0.05) is 37.2 Å². The zero-order chi connectivity index (χ0) is 21.8. The number of benzene rings is 2. The van der Waals surface area contributed by atoms with Gasteiger partial charge in [0.2, 0.25) is 0 Å². The Hall–Kier alpha value is -3.52. The summed E-state index contributed by atoms with van der Waals surface area (Å²) in [5, 5.41) is 4.41. The fourth-order valence-electron chi connectivity index (χ4n) is 3.63. The second-order valence-electron chi connectivity index (χ2n) is 7.51. The molecule has 0 amide bonds. The summed E-state index contributed by atoms with van der Waals surface area (Å²) in [7, 11) is 1.84. The first-order chi connectivity index (χ1) is 15.0. The molecule has 160 valence electrons. The van der Waals surface area contributed by atoms with Crippen molar-refractivity contribution in [3.8, 4) is 0 Å². The third-order valence-electron chi connectivity index (χ3n) is 5.41. The molecule has 0 saturated carbocycles. The third kappa shape index (κ3) is 4.64. The molecule has 1 atom stereocenters. The van der Waals surface area contributed by atoms with E-state index in [0.29, 0.717) is 49.3 Å². The van der Waals surface area contributed by atoms with Crippen LogP contribution in [0.25, 0.3) is 0 Å². The number of hydrogen-bond acceptors (Lipinski definition) is 5. The minimum Gasteiger partial charge on any atom is -0.378 e. The third-order valence-corrected chi connectivity index (χ3v) is 5.41. The van der Waals surface area contributed by atoms with Crippen molar-refractivity contribution >= 4 is 17.7 Å². The van der Waals surface area contributed by atoms with Crippen LogP contribution >= 0.6 is 0 Å². The lowest BCUT2D eigenvalue weighted by Crippen LogP contribution is -2.44. The van der Waals surface area contributed by atoms with Crippen LogP contribution in [0.2, 0.25) is 0 Å². The van der Waals surface area contributed by atoms with E-state index in [9.17, 15) is 4.79 Å². The molecular weight excluding hydrogens is 392 g/mol. The topological polar surface area (TPSA) is 98.6 Å². The van der Waals surface area contributed by atoms with E-state index in [0.717, 1.165) is 11.4 Å². The van der Waals surface area contributed by atoms with Crippen molar-refractivity contribution in [2.24, 2.45) is 17.8 Å². The molecule has 0 spiro atoms. The minimum atomic E-state index is -0.0745. The summed E-state index contributed by atoms with van der Waals surface area (Å²) >= 11 is 0. The molecule has 2 heterocycles. The lowest BCUT2D eigenvalue weighted by atomic mass is 9.95. The van der Waals surface area contributed by atoms with Crippen molar-refractivity contribution in [2.75, 3.05) is 26.3 Å². The predicted molar refractivity (Wildman–Crippen MR) is 119 cm³/mol. The van der Waals surface area contributed by atoms with E-state index in [-0.39, 0.29) is 11.7 Å². The molecule has 1 saturated heterocycles. The Bertz CT molecular complexity index is 1090. The van der Waals surface area contributed by atoms with Crippen LogP contribution in [0.3, 0.4) is 0 Å². The summed E-state index contributed by atoms with van der Waals surface area (Å²) in [6.07, 6.45) is 0. The van der Waals surface area contributed by atoms with Crippen molar-refractivity contribution in [1.82, 2.24) is 19.7 Å². The van der Waals surface area contributed by atoms with Gasteiger partial charge in [0.15, 0.2) is 11.7 Å². The number of morpholine rings is 1. The molecule has 1 unspecified atom stereocenters. The maximum absolute atomic E-state index is 12.8. The highest BCUT2D eigenvalue weighted by atomic mass is 16.5. The molecule has 3 aromatic rings.